The molecule has 1 atom stereocenters. The quantitative estimate of drug-likeness (QED) is 0.760. The van der Waals surface area contributed by atoms with E-state index in [2.05, 4.69) is 9.97 Å². The van der Waals surface area contributed by atoms with Crippen molar-refractivity contribution in [3.8, 4) is 0 Å². The molecule has 0 radical (unpaired) electrons. The molecule has 0 fully saturated rings. The van der Waals surface area contributed by atoms with E-state index in [0.717, 1.165) is 27.7 Å². The number of para-hydroxylation sites is 1. The number of aliphatic hydroxyl groups excluding tert-OH is 1. The molecular formula is C16H14N2O. The van der Waals surface area contributed by atoms with Gasteiger partial charge in [-0.15, -0.1) is 0 Å². The Morgan fingerprint density at radius 3 is 2.74 bits per heavy atom. The zero-order valence-corrected chi connectivity index (χ0v) is 10.6. The Morgan fingerprint density at radius 1 is 1.05 bits per heavy atom. The molecular weight excluding hydrogens is 236 g/mol. The maximum absolute atomic E-state index is 10.5. The van der Waals surface area contributed by atoms with E-state index in [0.29, 0.717) is 0 Å². The van der Waals surface area contributed by atoms with Crippen molar-refractivity contribution in [2.24, 2.45) is 0 Å². The highest BCUT2D eigenvalue weighted by atomic mass is 16.3. The van der Waals surface area contributed by atoms with Crippen molar-refractivity contribution in [2.75, 3.05) is 0 Å². The zero-order valence-electron chi connectivity index (χ0n) is 10.6. The van der Waals surface area contributed by atoms with Crippen molar-refractivity contribution in [1.29, 1.82) is 0 Å². The highest BCUT2D eigenvalue weighted by molar-refractivity contribution is 5.78. The van der Waals surface area contributed by atoms with Crippen LogP contribution in [0.3, 0.4) is 0 Å². The van der Waals surface area contributed by atoms with Gasteiger partial charge in [0.25, 0.3) is 0 Å². The van der Waals surface area contributed by atoms with Gasteiger partial charge in [0, 0.05) is 34.6 Å². The van der Waals surface area contributed by atoms with E-state index >= 15 is 0 Å². The summed E-state index contributed by atoms with van der Waals surface area (Å²) in [6.07, 6.45) is 2.76. The van der Waals surface area contributed by atoms with E-state index < -0.39 is 6.10 Å². The molecule has 2 heterocycles. The number of aromatic nitrogens is 2. The number of fused-ring (bicyclic) bond motifs is 1. The fourth-order valence-corrected chi connectivity index (χ4v) is 2.20. The van der Waals surface area contributed by atoms with Crippen LogP contribution in [0.1, 0.15) is 22.9 Å². The molecule has 1 N–H and O–H groups in total. The standard InChI is InChI=1S/C16H14N2O/c1-11-14(6-4-8-17-11)16(19)13-9-12-5-2-3-7-15(12)18-10-13/h2-10,16,19H,1H3. The Hall–Kier alpha value is -2.26. The van der Waals surface area contributed by atoms with E-state index in [1.807, 2.05) is 49.4 Å². The fraction of sp³-hybridized carbons (Fsp3) is 0.125. The van der Waals surface area contributed by atoms with E-state index in [9.17, 15) is 5.11 Å². The first-order chi connectivity index (χ1) is 9.25. The lowest BCUT2D eigenvalue weighted by molar-refractivity contribution is 0.219. The summed E-state index contributed by atoms with van der Waals surface area (Å²) in [6, 6.07) is 13.6. The molecule has 0 bridgehead atoms. The predicted octanol–water partition coefficient (Wildman–Crippen LogP) is 3.02. The highest BCUT2D eigenvalue weighted by Crippen LogP contribution is 2.25. The van der Waals surface area contributed by atoms with Crippen molar-refractivity contribution >= 4 is 10.9 Å². The minimum Gasteiger partial charge on any atom is -0.384 e. The summed E-state index contributed by atoms with van der Waals surface area (Å²) in [5, 5.41) is 11.5. The van der Waals surface area contributed by atoms with Gasteiger partial charge in [-0.3, -0.25) is 9.97 Å². The lowest BCUT2D eigenvalue weighted by atomic mass is 10.0. The molecule has 3 aromatic rings. The van der Waals surface area contributed by atoms with Crippen LogP contribution in [-0.2, 0) is 0 Å². The van der Waals surface area contributed by atoms with E-state index in [4.69, 9.17) is 0 Å². The molecule has 0 saturated carbocycles. The van der Waals surface area contributed by atoms with Crippen LogP contribution >= 0.6 is 0 Å². The third-order valence-corrected chi connectivity index (χ3v) is 3.27. The van der Waals surface area contributed by atoms with Gasteiger partial charge in [0.15, 0.2) is 0 Å². The predicted molar refractivity (Wildman–Crippen MR) is 74.8 cm³/mol. The maximum atomic E-state index is 10.5. The summed E-state index contributed by atoms with van der Waals surface area (Å²) in [4.78, 5) is 8.58. The van der Waals surface area contributed by atoms with Gasteiger partial charge < -0.3 is 5.11 Å². The van der Waals surface area contributed by atoms with Crippen molar-refractivity contribution in [3.63, 3.8) is 0 Å². The number of nitrogens with zero attached hydrogens (tertiary/aromatic N) is 2. The first kappa shape index (κ1) is 11.8. The lowest BCUT2D eigenvalue weighted by Crippen LogP contribution is -2.03. The summed E-state index contributed by atoms with van der Waals surface area (Å²) >= 11 is 0. The number of aryl methyl sites for hydroxylation is 1. The van der Waals surface area contributed by atoms with Crippen molar-refractivity contribution < 1.29 is 5.11 Å². The molecule has 0 amide bonds. The van der Waals surface area contributed by atoms with Crippen molar-refractivity contribution in [1.82, 2.24) is 9.97 Å². The van der Waals surface area contributed by atoms with E-state index in [1.165, 1.54) is 0 Å². The summed E-state index contributed by atoms with van der Waals surface area (Å²) in [6.45, 7) is 1.90. The largest absolute Gasteiger partial charge is 0.384 e. The van der Waals surface area contributed by atoms with E-state index in [1.54, 1.807) is 12.4 Å². The molecule has 2 aromatic heterocycles. The molecule has 94 valence electrons. The first-order valence-corrected chi connectivity index (χ1v) is 6.20. The normalized spacial score (nSPS) is 12.5. The number of hydrogen-bond acceptors (Lipinski definition) is 3. The summed E-state index contributed by atoms with van der Waals surface area (Å²) in [5.41, 5.74) is 3.37. The minimum absolute atomic E-state index is 0.689. The van der Waals surface area contributed by atoms with Gasteiger partial charge in [-0.05, 0) is 25.1 Å². The van der Waals surface area contributed by atoms with Crippen LogP contribution in [0, 0.1) is 6.92 Å². The number of pyridine rings is 2. The molecule has 0 saturated heterocycles. The SMILES string of the molecule is Cc1ncccc1C(O)c1cnc2ccccc2c1. The van der Waals surface area contributed by atoms with Gasteiger partial charge in [-0.2, -0.15) is 0 Å². The molecule has 1 aromatic carbocycles. The van der Waals surface area contributed by atoms with Gasteiger partial charge in [-0.1, -0.05) is 24.3 Å². The molecule has 3 rings (SSSR count). The van der Waals surface area contributed by atoms with Crippen molar-refractivity contribution in [3.05, 3.63) is 71.7 Å². The molecule has 3 nitrogen and oxygen atoms in total. The van der Waals surface area contributed by atoms with E-state index in [-0.39, 0.29) is 0 Å². The molecule has 0 aliphatic rings. The Kier molecular flexibility index (Phi) is 2.97. The van der Waals surface area contributed by atoms with Crippen LogP contribution in [0.2, 0.25) is 0 Å². The molecule has 0 spiro atoms. The van der Waals surface area contributed by atoms with Crippen molar-refractivity contribution in [2.45, 2.75) is 13.0 Å². The number of aliphatic hydroxyl groups is 1. The fourth-order valence-electron chi connectivity index (χ4n) is 2.20. The molecule has 1 unspecified atom stereocenters. The number of hydrogen-bond donors (Lipinski definition) is 1. The average molecular weight is 250 g/mol. The second kappa shape index (κ2) is 4.78. The second-order valence-corrected chi connectivity index (χ2v) is 4.54. The van der Waals surface area contributed by atoms with Crippen LogP contribution in [-0.4, -0.2) is 15.1 Å². The molecule has 3 heteroatoms. The van der Waals surface area contributed by atoms with Gasteiger partial charge in [0.05, 0.1) is 5.52 Å². The zero-order chi connectivity index (χ0) is 13.2. The maximum Gasteiger partial charge on any atom is 0.107 e. The van der Waals surface area contributed by atoms with Crippen LogP contribution in [0.4, 0.5) is 0 Å². The van der Waals surface area contributed by atoms with Gasteiger partial charge in [-0.25, -0.2) is 0 Å². The monoisotopic (exact) mass is 250 g/mol. The smallest absolute Gasteiger partial charge is 0.107 e. The third-order valence-electron chi connectivity index (χ3n) is 3.27. The van der Waals surface area contributed by atoms with Crippen LogP contribution in [0.5, 0.6) is 0 Å². The second-order valence-electron chi connectivity index (χ2n) is 4.54. The summed E-state index contributed by atoms with van der Waals surface area (Å²) in [7, 11) is 0. The third kappa shape index (κ3) is 2.20. The molecule has 0 aliphatic carbocycles. The van der Waals surface area contributed by atoms with Crippen LogP contribution < -0.4 is 0 Å². The lowest BCUT2D eigenvalue weighted by Gasteiger charge is -2.13. The Labute approximate surface area is 111 Å². The highest BCUT2D eigenvalue weighted by Gasteiger charge is 2.14. The molecule has 19 heavy (non-hydrogen) atoms. The minimum atomic E-state index is -0.689. The van der Waals surface area contributed by atoms with Gasteiger partial charge in [0.1, 0.15) is 6.10 Å². The van der Waals surface area contributed by atoms with Crippen LogP contribution in [0.15, 0.2) is 54.9 Å². The Morgan fingerprint density at radius 2 is 1.89 bits per heavy atom. The topological polar surface area (TPSA) is 46.0 Å². The molecule has 0 aliphatic heterocycles. The first-order valence-electron chi connectivity index (χ1n) is 6.20. The Bertz CT molecular complexity index is 725. The summed E-state index contributed by atoms with van der Waals surface area (Å²) < 4.78 is 0. The van der Waals surface area contributed by atoms with Gasteiger partial charge in [0.2, 0.25) is 0 Å². The number of rotatable bonds is 2. The van der Waals surface area contributed by atoms with Crippen LogP contribution in [0.25, 0.3) is 10.9 Å². The van der Waals surface area contributed by atoms with Gasteiger partial charge >= 0.3 is 0 Å². The Balaban J connectivity index is 2.07. The average Bonchev–Trinajstić information content (AvgIpc) is 2.46. The summed E-state index contributed by atoms with van der Waals surface area (Å²) in [5.74, 6) is 0. The number of benzene rings is 1.